The second-order valence-electron chi connectivity index (χ2n) is 11.0. The number of hydrogen-bond acceptors (Lipinski definition) is 3. The molecule has 3 heterocycles. The van der Waals surface area contributed by atoms with E-state index in [0.717, 1.165) is 24.7 Å². The molecule has 5 rings (SSSR count). The van der Waals surface area contributed by atoms with Gasteiger partial charge >= 0.3 is 5.97 Å². The molecule has 3 atom stereocenters. The first kappa shape index (κ1) is 22.3. The molecule has 3 aliphatic heterocycles. The first-order chi connectivity index (χ1) is 15.7. The van der Waals surface area contributed by atoms with Crippen molar-refractivity contribution in [1.29, 1.82) is 0 Å². The maximum Gasteiger partial charge on any atom is 0.304 e. The van der Waals surface area contributed by atoms with E-state index in [1.807, 2.05) is 0 Å². The zero-order chi connectivity index (χ0) is 21.9. The SMILES string of the molecule is O=C(O)CC1CN(C2CC3CCCC(C2)N3C2CCCCCCCCC2)c2ccccc21. The molecule has 2 saturated heterocycles. The number of aliphatic carboxylic acids is 1. The summed E-state index contributed by atoms with van der Waals surface area (Å²) in [5, 5.41) is 9.46. The Balaban J connectivity index is 1.31. The summed E-state index contributed by atoms with van der Waals surface area (Å²) in [6.07, 6.45) is 19.7. The van der Waals surface area contributed by atoms with Crippen molar-refractivity contribution in [3.63, 3.8) is 0 Å². The Labute approximate surface area is 194 Å². The molecule has 0 radical (unpaired) electrons. The average Bonchev–Trinajstić information content (AvgIpc) is 3.14. The van der Waals surface area contributed by atoms with E-state index in [-0.39, 0.29) is 12.3 Å². The van der Waals surface area contributed by atoms with Crippen molar-refractivity contribution < 1.29 is 9.90 Å². The molecular weight excluding hydrogens is 396 g/mol. The third-order valence-corrected chi connectivity index (χ3v) is 8.97. The Morgan fingerprint density at radius 1 is 0.781 bits per heavy atom. The number of fused-ring (bicyclic) bond motifs is 3. The van der Waals surface area contributed by atoms with Gasteiger partial charge in [-0.15, -0.1) is 0 Å². The van der Waals surface area contributed by atoms with Crippen molar-refractivity contribution in [1.82, 2.24) is 4.90 Å². The number of carbonyl (C=O) groups is 1. The molecule has 1 saturated carbocycles. The van der Waals surface area contributed by atoms with Crippen LogP contribution >= 0.6 is 0 Å². The molecule has 0 spiro atoms. The van der Waals surface area contributed by atoms with E-state index in [1.165, 1.54) is 101 Å². The standard InChI is InChI=1S/C28H42N2O2/c31-28(32)17-21-20-29(27-16-9-8-15-26(21)27)25-18-23-13-10-14-24(19-25)30(23)22-11-6-4-2-1-3-5-7-12-22/h8-9,15-16,21-25H,1-7,10-14,17-20H2,(H,31,32). The second-order valence-corrected chi connectivity index (χ2v) is 11.0. The van der Waals surface area contributed by atoms with E-state index < -0.39 is 5.97 Å². The van der Waals surface area contributed by atoms with Crippen LogP contribution in [0.5, 0.6) is 0 Å². The molecule has 1 aliphatic carbocycles. The van der Waals surface area contributed by atoms with E-state index in [0.29, 0.717) is 6.04 Å². The predicted molar refractivity (Wildman–Crippen MR) is 130 cm³/mol. The molecule has 2 bridgehead atoms. The molecule has 32 heavy (non-hydrogen) atoms. The maximum absolute atomic E-state index is 11.5. The van der Waals surface area contributed by atoms with Crippen LogP contribution in [0.4, 0.5) is 5.69 Å². The minimum absolute atomic E-state index is 0.139. The lowest BCUT2D eigenvalue weighted by Crippen LogP contribution is -2.60. The smallest absolute Gasteiger partial charge is 0.304 e. The van der Waals surface area contributed by atoms with Crippen LogP contribution in [-0.2, 0) is 4.79 Å². The molecule has 3 unspecified atom stereocenters. The minimum atomic E-state index is -0.672. The molecular formula is C28H42N2O2. The molecule has 4 nitrogen and oxygen atoms in total. The quantitative estimate of drug-likeness (QED) is 0.595. The Morgan fingerprint density at radius 2 is 1.38 bits per heavy atom. The van der Waals surface area contributed by atoms with E-state index in [2.05, 4.69) is 34.1 Å². The fourth-order valence-corrected chi connectivity index (χ4v) is 7.59. The van der Waals surface area contributed by atoms with Crippen LogP contribution in [0.2, 0.25) is 0 Å². The number of rotatable bonds is 4. The van der Waals surface area contributed by atoms with Gasteiger partial charge in [0.2, 0.25) is 0 Å². The van der Waals surface area contributed by atoms with E-state index in [9.17, 15) is 9.90 Å². The van der Waals surface area contributed by atoms with E-state index in [1.54, 1.807) is 0 Å². The lowest BCUT2D eigenvalue weighted by molar-refractivity contribution is -0.137. The third kappa shape index (κ3) is 4.71. The molecule has 4 heteroatoms. The largest absolute Gasteiger partial charge is 0.481 e. The summed E-state index contributed by atoms with van der Waals surface area (Å²) >= 11 is 0. The van der Waals surface area contributed by atoms with Crippen molar-refractivity contribution in [3.8, 4) is 0 Å². The fourth-order valence-electron chi connectivity index (χ4n) is 7.59. The Morgan fingerprint density at radius 3 is 2.03 bits per heavy atom. The van der Waals surface area contributed by atoms with Gasteiger partial charge < -0.3 is 10.0 Å². The van der Waals surface area contributed by atoms with E-state index >= 15 is 0 Å². The van der Waals surface area contributed by atoms with Gasteiger partial charge in [-0.1, -0.05) is 69.6 Å². The number of anilines is 1. The summed E-state index contributed by atoms with van der Waals surface area (Å²) < 4.78 is 0. The lowest BCUT2D eigenvalue weighted by atomic mass is 9.78. The second kappa shape index (κ2) is 10.2. The number of piperidine rings is 2. The molecule has 0 amide bonds. The molecule has 176 valence electrons. The van der Waals surface area contributed by atoms with Gasteiger partial charge in [0.25, 0.3) is 0 Å². The van der Waals surface area contributed by atoms with Crippen molar-refractivity contribution in [2.75, 3.05) is 11.4 Å². The summed E-state index contributed by atoms with van der Waals surface area (Å²) in [7, 11) is 0. The third-order valence-electron chi connectivity index (χ3n) is 8.97. The molecule has 1 N–H and O–H groups in total. The molecule has 1 aromatic carbocycles. The highest BCUT2D eigenvalue weighted by Gasteiger charge is 2.44. The number of nitrogens with zero attached hydrogens (tertiary/aromatic N) is 2. The highest BCUT2D eigenvalue weighted by atomic mass is 16.4. The van der Waals surface area contributed by atoms with Gasteiger partial charge in [-0.05, 0) is 50.2 Å². The summed E-state index contributed by atoms with van der Waals surface area (Å²) in [4.78, 5) is 17.1. The fraction of sp³-hybridized carbons (Fsp3) is 0.750. The number of benzene rings is 1. The maximum atomic E-state index is 11.5. The number of para-hydroxylation sites is 1. The predicted octanol–water partition coefficient (Wildman–Crippen LogP) is 6.34. The van der Waals surface area contributed by atoms with Gasteiger partial charge in [-0.2, -0.15) is 0 Å². The molecule has 4 aliphatic rings. The van der Waals surface area contributed by atoms with Crippen LogP contribution in [0, 0.1) is 0 Å². The highest BCUT2D eigenvalue weighted by Crippen LogP contribution is 2.45. The summed E-state index contributed by atoms with van der Waals surface area (Å²) in [5.74, 6) is -0.533. The summed E-state index contributed by atoms with van der Waals surface area (Å²) in [6.45, 7) is 0.888. The van der Waals surface area contributed by atoms with E-state index in [4.69, 9.17) is 0 Å². The zero-order valence-corrected chi connectivity index (χ0v) is 19.8. The van der Waals surface area contributed by atoms with Crippen LogP contribution < -0.4 is 4.90 Å². The monoisotopic (exact) mass is 438 g/mol. The molecule has 1 aromatic rings. The summed E-state index contributed by atoms with van der Waals surface area (Å²) in [5.41, 5.74) is 2.57. The van der Waals surface area contributed by atoms with Gasteiger partial charge in [-0.3, -0.25) is 9.69 Å². The highest BCUT2D eigenvalue weighted by molar-refractivity contribution is 5.71. The number of hydrogen-bond donors (Lipinski definition) is 1. The van der Waals surface area contributed by atoms with Crippen molar-refractivity contribution >= 4 is 11.7 Å². The number of carboxylic acids is 1. The van der Waals surface area contributed by atoms with Crippen LogP contribution in [0.25, 0.3) is 0 Å². The zero-order valence-electron chi connectivity index (χ0n) is 19.8. The first-order valence-electron chi connectivity index (χ1n) is 13.6. The lowest BCUT2D eigenvalue weighted by Gasteiger charge is -2.54. The van der Waals surface area contributed by atoms with Crippen LogP contribution in [0.15, 0.2) is 24.3 Å². The normalized spacial score (nSPS) is 32.4. The van der Waals surface area contributed by atoms with Crippen LogP contribution in [-0.4, -0.2) is 46.7 Å². The Bertz CT molecular complexity index is 756. The molecule has 0 aromatic heterocycles. The Hall–Kier alpha value is -1.55. The Kier molecular flexibility index (Phi) is 7.06. The van der Waals surface area contributed by atoms with Crippen molar-refractivity contribution in [3.05, 3.63) is 29.8 Å². The van der Waals surface area contributed by atoms with Gasteiger partial charge in [0.1, 0.15) is 0 Å². The van der Waals surface area contributed by atoms with Gasteiger partial charge in [-0.25, -0.2) is 0 Å². The average molecular weight is 439 g/mol. The van der Waals surface area contributed by atoms with Crippen molar-refractivity contribution in [2.24, 2.45) is 0 Å². The molecule has 3 fully saturated rings. The van der Waals surface area contributed by atoms with Crippen LogP contribution in [0.3, 0.4) is 0 Å². The summed E-state index contributed by atoms with van der Waals surface area (Å²) in [6, 6.07) is 11.4. The topological polar surface area (TPSA) is 43.8 Å². The van der Waals surface area contributed by atoms with Gasteiger partial charge in [0.05, 0.1) is 6.42 Å². The first-order valence-corrected chi connectivity index (χ1v) is 13.6. The van der Waals surface area contributed by atoms with Gasteiger partial charge in [0.15, 0.2) is 0 Å². The minimum Gasteiger partial charge on any atom is -0.481 e. The van der Waals surface area contributed by atoms with Crippen LogP contribution in [0.1, 0.15) is 108 Å². The van der Waals surface area contributed by atoms with Crippen molar-refractivity contribution in [2.45, 2.75) is 126 Å². The van der Waals surface area contributed by atoms with Gasteiger partial charge in [0, 0.05) is 42.3 Å². The number of carboxylic acid groups (broad SMARTS) is 1.